The van der Waals surface area contributed by atoms with Crippen LogP contribution in [-0.4, -0.2) is 50.3 Å². The highest BCUT2D eigenvalue weighted by atomic mass is 127. The van der Waals surface area contributed by atoms with E-state index in [9.17, 15) is 8.78 Å². The molecule has 1 heterocycles. The third-order valence-corrected chi connectivity index (χ3v) is 2.24. The van der Waals surface area contributed by atoms with E-state index in [1.807, 2.05) is 21.1 Å². The zero-order valence-electron chi connectivity index (χ0n) is 9.06. The van der Waals surface area contributed by atoms with Crippen LogP contribution in [-0.2, 0) is 4.74 Å². The van der Waals surface area contributed by atoms with Crippen molar-refractivity contribution in [2.75, 3.05) is 27.7 Å². The van der Waals surface area contributed by atoms with Gasteiger partial charge in [-0.05, 0) is 6.92 Å². The Morgan fingerprint density at radius 3 is 2.14 bits per heavy atom. The molecule has 0 N–H and O–H groups in total. The number of hydrogen-bond donors (Lipinski definition) is 0. The second kappa shape index (κ2) is 4.57. The summed E-state index contributed by atoms with van der Waals surface area (Å²) in [5, 5.41) is 0. The Labute approximate surface area is 101 Å². The van der Waals surface area contributed by atoms with E-state index < -0.39 is 12.0 Å². The van der Waals surface area contributed by atoms with Gasteiger partial charge in [-0.2, -0.15) is 0 Å². The minimum atomic E-state index is -2.64. The molecule has 1 fully saturated rings. The van der Waals surface area contributed by atoms with Crippen molar-refractivity contribution in [1.29, 1.82) is 0 Å². The highest BCUT2D eigenvalue weighted by Gasteiger charge is 2.48. The van der Waals surface area contributed by atoms with Crippen LogP contribution < -0.4 is 24.0 Å². The molecule has 1 rings (SSSR count). The monoisotopic (exact) mass is 321 g/mol. The van der Waals surface area contributed by atoms with Gasteiger partial charge in [0.2, 0.25) is 0 Å². The zero-order chi connectivity index (χ0) is 10.3. The molecule has 2 nitrogen and oxygen atoms in total. The summed E-state index contributed by atoms with van der Waals surface area (Å²) in [4.78, 5) is 0. The quantitative estimate of drug-likeness (QED) is 0.445. The molecule has 0 aromatic carbocycles. The summed E-state index contributed by atoms with van der Waals surface area (Å²) in [7, 11) is 5.93. The molecule has 0 saturated carbocycles. The molecule has 0 bridgehead atoms. The Morgan fingerprint density at radius 2 is 1.86 bits per heavy atom. The molecule has 1 aliphatic heterocycles. The first-order valence-corrected chi connectivity index (χ1v) is 4.54. The fourth-order valence-corrected chi connectivity index (χ4v) is 1.62. The van der Waals surface area contributed by atoms with E-state index in [-0.39, 0.29) is 36.5 Å². The summed E-state index contributed by atoms with van der Waals surface area (Å²) in [6.07, 6.45) is -1.36. The number of hydrogen-bond acceptors (Lipinski definition) is 1. The SMILES string of the molecule is C[C@@H]1O[C@H](C[N+](C)(C)C)CC1(F)F.[I-]. The summed E-state index contributed by atoms with van der Waals surface area (Å²) >= 11 is 0. The molecule has 1 aliphatic rings. The molecule has 0 aromatic heterocycles. The van der Waals surface area contributed by atoms with Crippen LogP contribution in [0.15, 0.2) is 0 Å². The van der Waals surface area contributed by atoms with Gasteiger partial charge in [0.25, 0.3) is 5.92 Å². The lowest BCUT2D eigenvalue weighted by Crippen LogP contribution is -3.00. The van der Waals surface area contributed by atoms with E-state index >= 15 is 0 Å². The minimum Gasteiger partial charge on any atom is -1.00 e. The molecule has 2 atom stereocenters. The second-order valence-electron chi connectivity index (χ2n) is 4.84. The molecule has 0 unspecified atom stereocenters. The van der Waals surface area contributed by atoms with Crippen LogP contribution in [0, 0.1) is 0 Å². The lowest BCUT2D eigenvalue weighted by atomic mass is 10.1. The molecule has 86 valence electrons. The van der Waals surface area contributed by atoms with Crippen LogP contribution in [0.4, 0.5) is 8.78 Å². The highest BCUT2D eigenvalue weighted by molar-refractivity contribution is 4.86. The van der Waals surface area contributed by atoms with Crippen LogP contribution >= 0.6 is 0 Å². The Hall–Kier alpha value is 0.510. The van der Waals surface area contributed by atoms with Gasteiger partial charge in [0.15, 0.2) is 0 Å². The number of nitrogens with zero attached hydrogens (tertiary/aromatic N) is 1. The summed E-state index contributed by atoms with van der Waals surface area (Å²) < 4.78 is 31.9. The molecular formula is C9H18F2INO. The fraction of sp³-hybridized carbons (Fsp3) is 1.00. The van der Waals surface area contributed by atoms with Crippen LogP contribution in [0.3, 0.4) is 0 Å². The maximum Gasteiger partial charge on any atom is 0.276 e. The molecule has 0 radical (unpaired) electrons. The van der Waals surface area contributed by atoms with Crippen molar-refractivity contribution in [3.8, 4) is 0 Å². The molecular weight excluding hydrogens is 303 g/mol. The van der Waals surface area contributed by atoms with Crippen LogP contribution in [0.1, 0.15) is 13.3 Å². The number of quaternary nitrogens is 1. The average Bonchev–Trinajstić information content (AvgIpc) is 2.01. The number of rotatable bonds is 2. The van der Waals surface area contributed by atoms with E-state index in [4.69, 9.17) is 4.74 Å². The van der Waals surface area contributed by atoms with Gasteiger partial charge in [-0.15, -0.1) is 0 Å². The highest BCUT2D eigenvalue weighted by Crippen LogP contribution is 2.35. The van der Waals surface area contributed by atoms with Crippen molar-refractivity contribution in [1.82, 2.24) is 0 Å². The van der Waals surface area contributed by atoms with E-state index in [2.05, 4.69) is 0 Å². The van der Waals surface area contributed by atoms with Gasteiger partial charge in [-0.1, -0.05) is 0 Å². The van der Waals surface area contributed by atoms with Crippen LogP contribution in [0.5, 0.6) is 0 Å². The number of halogens is 3. The van der Waals surface area contributed by atoms with Crippen molar-refractivity contribution < 1.29 is 42.0 Å². The number of likely N-dealkylation sites (N-methyl/N-ethyl adjacent to an activating group) is 1. The largest absolute Gasteiger partial charge is 1.00 e. The van der Waals surface area contributed by atoms with E-state index in [1.165, 1.54) is 6.92 Å². The van der Waals surface area contributed by atoms with Gasteiger partial charge in [0, 0.05) is 6.42 Å². The first-order chi connectivity index (χ1) is 5.71. The Kier molecular flexibility index (Phi) is 4.74. The lowest BCUT2D eigenvalue weighted by molar-refractivity contribution is -0.873. The first-order valence-electron chi connectivity index (χ1n) is 4.54. The molecule has 0 spiro atoms. The van der Waals surface area contributed by atoms with Gasteiger partial charge in [-0.25, -0.2) is 8.78 Å². The zero-order valence-corrected chi connectivity index (χ0v) is 11.2. The Bertz CT molecular complexity index is 192. The summed E-state index contributed by atoms with van der Waals surface area (Å²) in [5.74, 6) is -2.64. The van der Waals surface area contributed by atoms with Crippen molar-refractivity contribution in [2.24, 2.45) is 0 Å². The molecule has 0 amide bonds. The standard InChI is InChI=1S/C9H18F2NO.HI/c1-7-9(10,11)5-8(13-7)6-12(2,3)4;/h7-8H,5-6H2,1-4H3;1H/q+1;/p-1/t7-,8-;/m0./s1. The van der Waals surface area contributed by atoms with E-state index in [1.54, 1.807) is 0 Å². The van der Waals surface area contributed by atoms with Gasteiger partial charge in [0.1, 0.15) is 18.8 Å². The predicted molar refractivity (Wildman–Crippen MR) is 46.8 cm³/mol. The summed E-state index contributed by atoms with van der Waals surface area (Å²) in [6.45, 7) is 2.08. The maximum atomic E-state index is 13.0. The Morgan fingerprint density at radius 1 is 1.36 bits per heavy atom. The third kappa shape index (κ3) is 3.94. The first kappa shape index (κ1) is 14.5. The van der Waals surface area contributed by atoms with Crippen LogP contribution in [0.25, 0.3) is 0 Å². The minimum absolute atomic E-state index is 0. The molecule has 1 saturated heterocycles. The summed E-state index contributed by atoms with van der Waals surface area (Å²) in [5.41, 5.74) is 0. The predicted octanol–water partition coefficient (Wildman–Crippen LogP) is -1.49. The third-order valence-electron chi connectivity index (χ3n) is 2.24. The molecule has 5 heteroatoms. The van der Waals surface area contributed by atoms with E-state index in [0.717, 1.165) is 0 Å². The number of ether oxygens (including phenoxy) is 1. The lowest BCUT2D eigenvalue weighted by Gasteiger charge is -2.26. The maximum absolute atomic E-state index is 13.0. The molecule has 14 heavy (non-hydrogen) atoms. The smallest absolute Gasteiger partial charge is 0.276 e. The topological polar surface area (TPSA) is 9.23 Å². The number of alkyl halides is 2. The van der Waals surface area contributed by atoms with Gasteiger partial charge in [-0.3, -0.25) is 0 Å². The van der Waals surface area contributed by atoms with E-state index in [0.29, 0.717) is 11.0 Å². The summed E-state index contributed by atoms with van der Waals surface area (Å²) in [6, 6.07) is 0. The van der Waals surface area contributed by atoms with Crippen LogP contribution in [0.2, 0.25) is 0 Å². The second-order valence-corrected chi connectivity index (χ2v) is 4.84. The fourth-order valence-electron chi connectivity index (χ4n) is 1.62. The van der Waals surface area contributed by atoms with Crippen molar-refractivity contribution in [2.45, 2.75) is 31.5 Å². The van der Waals surface area contributed by atoms with Crippen molar-refractivity contribution in [3.05, 3.63) is 0 Å². The average molecular weight is 321 g/mol. The van der Waals surface area contributed by atoms with Gasteiger partial charge < -0.3 is 33.2 Å². The molecule has 0 aliphatic carbocycles. The normalized spacial score (nSPS) is 31.3. The molecule has 0 aromatic rings. The van der Waals surface area contributed by atoms with Crippen molar-refractivity contribution in [3.63, 3.8) is 0 Å². The van der Waals surface area contributed by atoms with Gasteiger partial charge >= 0.3 is 0 Å². The van der Waals surface area contributed by atoms with Crippen molar-refractivity contribution >= 4 is 0 Å². The van der Waals surface area contributed by atoms with Gasteiger partial charge in [0.05, 0.1) is 21.1 Å². The Balaban J connectivity index is 0.00000169.